The van der Waals surface area contributed by atoms with Crippen molar-refractivity contribution in [1.29, 1.82) is 0 Å². The van der Waals surface area contributed by atoms with Gasteiger partial charge < -0.3 is 20.5 Å². The zero-order valence-corrected chi connectivity index (χ0v) is 17.9. The zero-order valence-electron chi connectivity index (χ0n) is 16.4. The molecule has 0 amide bonds. The minimum absolute atomic E-state index is 0.293. The first kappa shape index (κ1) is 19.9. The van der Waals surface area contributed by atoms with Crippen LogP contribution in [-0.2, 0) is 0 Å². The van der Waals surface area contributed by atoms with Crippen molar-refractivity contribution in [3.05, 3.63) is 34.4 Å². The van der Waals surface area contributed by atoms with E-state index in [2.05, 4.69) is 17.2 Å². The van der Waals surface area contributed by atoms with Crippen molar-refractivity contribution >= 4 is 45.6 Å². The molecule has 0 bridgehead atoms. The predicted molar refractivity (Wildman–Crippen MR) is 118 cm³/mol. The quantitative estimate of drug-likeness (QED) is 0.541. The molecule has 1 fully saturated rings. The second kappa shape index (κ2) is 7.76. The molecule has 29 heavy (non-hydrogen) atoms. The molecule has 1 aliphatic carbocycles. The van der Waals surface area contributed by atoms with Gasteiger partial charge in [0.05, 0.1) is 30.0 Å². The molecule has 0 spiro atoms. The van der Waals surface area contributed by atoms with Gasteiger partial charge in [-0.05, 0) is 37.8 Å². The Balaban J connectivity index is 1.94. The molecule has 3 aromatic rings. The number of fused-ring (bicyclic) bond motifs is 1. The third-order valence-electron chi connectivity index (χ3n) is 5.26. The number of benzene rings is 1. The summed E-state index contributed by atoms with van der Waals surface area (Å²) in [4.78, 5) is 9.09. The van der Waals surface area contributed by atoms with Crippen LogP contribution in [0.25, 0.3) is 22.0 Å². The average molecular weight is 433 g/mol. The highest BCUT2D eigenvalue weighted by molar-refractivity contribution is 6.41. The first-order valence-corrected chi connectivity index (χ1v) is 10.1. The number of aromatic nitrogens is 2. The van der Waals surface area contributed by atoms with Gasteiger partial charge in [-0.2, -0.15) is 0 Å². The van der Waals surface area contributed by atoms with E-state index in [0.29, 0.717) is 50.6 Å². The zero-order chi connectivity index (χ0) is 20.7. The number of pyridine rings is 2. The standard InChI is InChI=1S/C21H22Cl2N4O2/c1-10(11-4-5-11)26-21-13-7-17(24)25-9-12(13)6-14(27-21)18-19(22)15(28-2)8-16(29-3)20(18)23/h6-11H,4-5H2,1-3H3,(H2,24,25)(H,26,27)/t10-/m0/s1. The van der Waals surface area contributed by atoms with Crippen LogP contribution in [0.1, 0.15) is 19.8 Å². The molecule has 0 saturated heterocycles. The largest absolute Gasteiger partial charge is 0.495 e. The maximum atomic E-state index is 6.61. The summed E-state index contributed by atoms with van der Waals surface area (Å²) in [5.41, 5.74) is 7.07. The van der Waals surface area contributed by atoms with Crippen molar-refractivity contribution in [2.75, 3.05) is 25.3 Å². The number of nitrogens with zero attached hydrogens (tertiary/aromatic N) is 2. The van der Waals surface area contributed by atoms with Crippen LogP contribution >= 0.6 is 23.2 Å². The molecule has 0 aliphatic heterocycles. The number of nitrogen functional groups attached to an aromatic ring is 1. The summed E-state index contributed by atoms with van der Waals surface area (Å²) in [6.07, 6.45) is 4.17. The van der Waals surface area contributed by atoms with E-state index in [1.165, 1.54) is 12.8 Å². The fourth-order valence-electron chi connectivity index (χ4n) is 3.44. The Morgan fingerprint density at radius 1 is 1.10 bits per heavy atom. The molecule has 0 unspecified atom stereocenters. The Labute approximate surface area is 179 Å². The van der Waals surface area contributed by atoms with E-state index in [9.17, 15) is 0 Å². The van der Waals surface area contributed by atoms with Gasteiger partial charge in [-0.15, -0.1) is 0 Å². The summed E-state index contributed by atoms with van der Waals surface area (Å²) in [5.74, 6) is 2.73. The van der Waals surface area contributed by atoms with Crippen LogP contribution in [0.4, 0.5) is 11.6 Å². The second-order valence-corrected chi connectivity index (χ2v) is 8.00. The first-order chi connectivity index (χ1) is 13.9. The van der Waals surface area contributed by atoms with Crippen molar-refractivity contribution < 1.29 is 9.47 Å². The third kappa shape index (κ3) is 3.74. The van der Waals surface area contributed by atoms with Crippen molar-refractivity contribution in [3.8, 4) is 22.8 Å². The molecular formula is C21H22Cl2N4O2. The molecule has 1 saturated carbocycles. The maximum absolute atomic E-state index is 6.61. The normalized spacial score (nSPS) is 14.7. The van der Waals surface area contributed by atoms with Crippen molar-refractivity contribution in [3.63, 3.8) is 0 Å². The number of ether oxygens (including phenoxy) is 2. The van der Waals surface area contributed by atoms with Gasteiger partial charge in [-0.1, -0.05) is 23.2 Å². The van der Waals surface area contributed by atoms with Crippen LogP contribution in [-0.4, -0.2) is 30.2 Å². The summed E-state index contributed by atoms with van der Waals surface area (Å²) >= 11 is 13.2. The molecular weight excluding hydrogens is 411 g/mol. The van der Waals surface area contributed by atoms with Gasteiger partial charge in [0, 0.05) is 34.6 Å². The minimum Gasteiger partial charge on any atom is -0.495 e. The topological polar surface area (TPSA) is 82.3 Å². The summed E-state index contributed by atoms with van der Waals surface area (Å²) in [5, 5.41) is 6.05. The number of halogens is 2. The fourth-order valence-corrected chi connectivity index (χ4v) is 4.14. The molecule has 152 valence electrons. The van der Waals surface area contributed by atoms with Crippen LogP contribution in [0.3, 0.4) is 0 Å². The molecule has 1 atom stereocenters. The number of rotatable bonds is 6. The summed E-state index contributed by atoms with van der Waals surface area (Å²) < 4.78 is 10.8. The molecule has 4 rings (SSSR count). The van der Waals surface area contributed by atoms with Crippen LogP contribution in [0.2, 0.25) is 10.0 Å². The minimum atomic E-state index is 0.293. The summed E-state index contributed by atoms with van der Waals surface area (Å²) in [7, 11) is 3.09. The maximum Gasteiger partial charge on any atom is 0.141 e. The van der Waals surface area contributed by atoms with E-state index in [1.807, 2.05) is 12.1 Å². The highest BCUT2D eigenvalue weighted by atomic mass is 35.5. The average Bonchev–Trinajstić information content (AvgIpc) is 3.54. The van der Waals surface area contributed by atoms with E-state index in [-0.39, 0.29) is 0 Å². The highest BCUT2D eigenvalue weighted by Gasteiger charge is 2.29. The summed E-state index contributed by atoms with van der Waals surface area (Å²) in [6.45, 7) is 2.16. The summed E-state index contributed by atoms with van der Waals surface area (Å²) in [6, 6.07) is 5.66. The number of methoxy groups -OCH3 is 2. The van der Waals surface area contributed by atoms with Gasteiger partial charge in [0.25, 0.3) is 0 Å². The molecule has 6 nitrogen and oxygen atoms in total. The van der Waals surface area contributed by atoms with Crippen molar-refractivity contribution in [2.45, 2.75) is 25.8 Å². The van der Waals surface area contributed by atoms with E-state index < -0.39 is 0 Å². The highest BCUT2D eigenvalue weighted by Crippen LogP contribution is 2.46. The van der Waals surface area contributed by atoms with E-state index in [0.717, 1.165) is 16.6 Å². The van der Waals surface area contributed by atoms with Crippen LogP contribution in [0.5, 0.6) is 11.5 Å². The van der Waals surface area contributed by atoms with Crippen LogP contribution in [0, 0.1) is 5.92 Å². The molecule has 1 aromatic carbocycles. The van der Waals surface area contributed by atoms with Crippen molar-refractivity contribution in [1.82, 2.24) is 9.97 Å². The van der Waals surface area contributed by atoms with Crippen LogP contribution < -0.4 is 20.5 Å². The smallest absolute Gasteiger partial charge is 0.141 e. The molecule has 0 radical (unpaired) electrons. The lowest BCUT2D eigenvalue weighted by molar-refractivity contribution is 0.395. The molecule has 1 aliphatic rings. The SMILES string of the molecule is COc1cc(OC)c(Cl)c(-c2cc3cnc(N)cc3c(N[C@@H](C)C3CC3)n2)c1Cl. The molecule has 3 N–H and O–H groups in total. The van der Waals surface area contributed by atoms with Crippen LogP contribution in [0.15, 0.2) is 24.4 Å². The lowest BCUT2D eigenvalue weighted by Gasteiger charge is -2.19. The van der Waals surface area contributed by atoms with Gasteiger partial charge in [0.1, 0.15) is 23.1 Å². The lowest BCUT2D eigenvalue weighted by atomic mass is 10.1. The Morgan fingerprint density at radius 2 is 1.76 bits per heavy atom. The molecule has 8 heteroatoms. The van der Waals surface area contributed by atoms with E-state index >= 15 is 0 Å². The number of anilines is 2. The Morgan fingerprint density at radius 3 is 2.34 bits per heavy atom. The number of hydrogen-bond acceptors (Lipinski definition) is 6. The monoisotopic (exact) mass is 432 g/mol. The van der Waals surface area contributed by atoms with Gasteiger partial charge in [-0.3, -0.25) is 0 Å². The number of nitrogens with one attached hydrogen (secondary N) is 1. The van der Waals surface area contributed by atoms with Gasteiger partial charge in [-0.25, -0.2) is 9.97 Å². The van der Waals surface area contributed by atoms with Gasteiger partial charge in [0.2, 0.25) is 0 Å². The van der Waals surface area contributed by atoms with Crippen molar-refractivity contribution in [2.24, 2.45) is 5.92 Å². The molecule has 2 heterocycles. The fraction of sp³-hybridized carbons (Fsp3) is 0.333. The lowest BCUT2D eigenvalue weighted by Crippen LogP contribution is -2.18. The van der Waals surface area contributed by atoms with Gasteiger partial charge in [0.15, 0.2) is 0 Å². The Bertz CT molecular complexity index is 1060. The second-order valence-electron chi connectivity index (χ2n) is 7.24. The number of hydrogen-bond donors (Lipinski definition) is 2. The number of nitrogens with two attached hydrogens (primary N) is 1. The van der Waals surface area contributed by atoms with E-state index in [4.69, 9.17) is 43.4 Å². The van der Waals surface area contributed by atoms with Gasteiger partial charge >= 0.3 is 0 Å². The molecule has 2 aromatic heterocycles. The predicted octanol–water partition coefficient (Wildman–Crippen LogP) is 5.41. The Hall–Kier alpha value is -2.44. The third-order valence-corrected chi connectivity index (χ3v) is 6.01. The van der Waals surface area contributed by atoms with E-state index in [1.54, 1.807) is 26.5 Å². The first-order valence-electron chi connectivity index (χ1n) is 9.36. The Kier molecular flexibility index (Phi) is 5.32.